The lowest BCUT2D eigenvalue weighted by Crippen LogP contribution is -2.46. The van der Waals surface area contributed by atoms with E-state index in [1.54, 1.807) is 6.07 Å². The van der Waals surface area contributed by atoms with Gasteiger partial charge in [-0.15, -0.1) is 0 Å². The van der Waals surface area contributed by atoms with Gasteiger partial charge in [0.05, 0.1) is 23.7 Å². The van der Waals surface area contributed by atoms with Gasteiger partial charge in [-0.05, 0) is 19.2 Å². The lowest BCUT2D eigenvalue weighted by Gasteiger charge is -2.30. The van der Waals surface area contributed by atoms with Crippen molar-refractivity contribution in [1.29, 1.82) is 0 Å². The molecule has 7 heteroatoms. The number of ether oxygens (including phenoxy) is 1. The average molecular weight is 330 g/mol. The number of hydrogen-bond acceptors (Lipinski definition) is 5. The monoisotopic (exact) mass is 330 g/mol. The third-order valence-corrected chi connectivity index (χ3v) is 4.13. The van der Waals surface area contributed by atoms with Gasteiger partial charge in [-0.3, -0.25) is 9.59 Å². The van der Waals surface area contributed by atoms with E-state index in [1.807, 2.05) is 25.2 Å². The number of hydrogen-bond donors (Lipinski definition) is 2. The molecule has 1 aliphatic rings. The summed E-state index contributed by atoms with van der Waals surface area (Å²) in [5.74, 6) is -0.0961. The van der Waals surface area contributed by atoms with E-state index in [1.165, 1.54) is 0 Å². The van der Waals surface area contributed by atoms with Gasteiger partial charge in [-0.1, -0.05) is 12.1 Å². The van der Waals surface area contributed by atoms with Crippen LogP contribution in [0.3, 0.4) is 0 Å². The first-order chi connectivity index (χ1) is 11.6. The minimum absolute atomic E-state index is 0.0231. The normalized spacial score (nSPS) is 18.6. The molecule has 0 bridgehead atoms. The number of H-pyrrole nitrogens is 1. The van der Waals surface area contributed by atoms with Gasteiger partial charge in [0.25, 0.3) is 5.56 Å². The summed E-state index contributed by atoms with van der Waals surface area (Å²) < 4.78 is 5.61. The molecule has 128 valence electrons. The number of nitrogens with one attached hydrogen (secondary N) is 2. The number of amides is 1. The molecular weight excluding hydrogens is 308 g/mol. The molecule has 1 aliphatic heterocycles. The number of carbonyl (C=O) groups is 1. The molecule has 0 aliphatic carbocycles. The van der Waals surface area contributed by atoms with Crippen LogP contribution >= 0.6 is 0 Å². The third-order valence-electron chi connectivity index (χ3n) is 4.13. The summed E-state index contributed by atoms with van der Waals surface area (Å²) in [6.07, 6.45) is 0.573. The summed E-state index contributed by atoms with van der Waals surface area (Å²) >= 11 is 0. The Labute approximate surface area is 140 Å². The molecule has 1 amide bonds. The molecule has 1 fully saturated rings. The van der Waals surface area contributed by atoms with Crippen LogP contribution in [0, 0.1) is 0 Å². The van der Waals surface area contributed by atoms with E-state index in [9.17, 15) is 9.59 Å². The molecule has 2 aromatic rings. The van der Waals surface area contributed by atoms with E-state index < -0.39 is 0 Å². The van der Waals surface area contributed by atoms with E-state index in [-0.39, 0.29) is 24.0 Å². The Kier molecular flexibility index (Phi) is 5.22. The molecule has 2 N–H and O–H groups in total. The molecule has 3 rings (SSSR count). The molecule has 0 spiro atoms. The van der Waals surface area contributed by atoms with Crippen LogP contribution in [-0.2, 0) is 16.0 Å². The van der Waals surface area contributed by atoms with Crippen molar-refractivity contribution in [2.45, 2.75) is 18.9 Å². The Morgan fingerprint density at radius 3 is 3.12 bits per heavy atom. The topological polar surface area (TPSA) is 87.3 Å². The van der Waals surface area contributed by atoms with Gasteiger partial charge in [0, 0.05) is 32.5 Å². The summed E-state index contributed by atoms with van der Waals surface area (Å²) in [6.45, 7) is 2.91. The quantitative estimate of drug-likeness (QED) is 0.823. The minimum Gasteiger partial charge on any atom is -0.374 e. The highest BCUT2D eigenvalue weighted by atomic mass is 16.5. The molecule has 0 saturated carbocycles. The molecule has 1 aromatic heterocycles. The number of rotatable bonds is 5. The van der Waals surface area contributed by atoms with E-state index in [0.29, 0.717) is 30.8 Å². The van der Waals surface area contributed by atoms with Crippen molar-refractivity contribution in [3.05, 3.63) is 40.3 Å². The van der Waals surface area contributed by atoms with Gasteiger partial charge in [0.2, 0.25) is 5.91 Å². The first-order valence-corrected chi connectivity index (χ1v) is 8.16. The van der Waals surface area contributed by atoms with E-state index in [0.717, 1.165) is 18.6 Å². The highest BCUT2D eigenvalue weighted by Crippen LogP contribution is 2.07. The maximum atomic E-state index is 12.0. The highest BCUT2D eigenvalue weighted by Gasteiger charge is 2.18. The van der Waals surface area contributed by atoms with Crippen molar-refractivity contribution >= 4 is 16.9 Å². The van der Waals surface area contributed by atoms with Crippen LogP contribution in [0.5, 0.6) is 0 Å². The zero-order valence-electron chi connectivity index (χ0n) is 13.7. The van der Waals surface area contributed by atoms with Crippen molar-refractivity contribution < 1.29 is 9.53 Å². The van der Waals surface area contributed by atoms with Gasteiger partial charge >= 0.3 is 0 Å². The molecule has 7 nitrogen and oxygen atoms in total. The first kappa shape index (κ1) is 16.6. The number of fused-ring (bicyclic) bond motifs is 1. The fraction of sp³-hybridized carbons (Fsp3) is 0.471. The number of para-hydroxylation sites is 2. The van der Waals surface area contributed by atoms with Gasteiger partial charge in [-0.2, -0.15) is 0 Å². The summed E-state index contributed by atoms with van der Waals surface area (Å²) in [5, 5.41) is 2.87. The Morgan fingerprint density at radius 1 is 1.46 bits per heavy atom. The summed E-state index contributed by atoms with van der Waals surface area (Å²) in [5.41, 5.74) is 1.58. The Balaban J connectivity index is 1.52. The third kappa shape index (κ3) is 4.18. The maximum absolute atomic E-state index is 12.0. The predicted octanol–water partition coefficient (Wildman–Crippen LogP) is 0.303. The van der Waals surface area contributed by atoms with Crippen LogP contribution < -0.4 is 10.9 Å². The average Bonchev–Trinajstić information content (AvgIpc) is 2.58. The van der Waals surface area contributed by atoms with Crippen molar-refractivity contribution in [3.63, 3.8) is 0 Å². The molecule has 24 heavy (non-hydrogen) atoms. The largest absolute Gasteiger partial charge is 0.374 e. The number of aromatic amines is 1. The number of carbonyl (C=O) groups excluding carboxylic acids is 1. The lowest BCUT2D eigenvalue weighted by atomic mass is 10.2. The van der Waals surface area contributed by atoms with Gasteiger partial charge in [0.1, 0.15) is 5.69 Å². The number of aromatic nitrogens is 2. The second-order valence-corrected chi connectivity index (χ2v) is 6.09. The van der Waals surface area contributed by atoms with Crippen molar-refractivity contribution in [1.82, 2.24) is 20.2 Å². The van der Waals surface area contributed by atoms with Crippen LogP contribution in [0.25, 0.3) is 11.0 Å². The SMILES string of the molecule is CN1CCOC(CNC(=O)CCc2nc3ccccc3[nH]c2=O)C1. The molecule has 2 heterocycles. The molecule has 0 radical (unpaired) electrons. The number of morpholine rings is 1. The summed E-state index contributed by atoms with van der Waals surface area (Å²) in [4.78, 5) is 33.3. The Bertz CT molecular complexity index is 774. The second kappa shape index (κ2) is 7.55. The van der Waals surface area contributed by atoms with E-state index >= 15 is 0 Å². The smallest absolute Gasteiger partial charge is 0.270 e. The predicted molar refractivity (Wildman–Crippen MR) is 90.9 cm³/mol. The molecule has 1 unspecified atom stereocenters. The zero-order chi connectivity index (χ0) is 16.9. The Hall–Kier alpha value is -2.25. The van der Waals surface area contributed by atoms with Gasteiger partial charge in [-0.25, -0.2) is 4.98 Å². The second-order valence-electron chi connectivity index (χ2n) is 6.09. The van der Waals surface area contributed by atoms with Crippen LogP contribution in [0.15, 0.2) is 29.1 Å². The van der Waals surface area contributed by atoms with E-state index in [2.05, 4.69) is 20.2 Å². The van der Waals surface area contributed by atoms with Gasteiger partial charge in [0.15, 0.2) is 0 Å². The van der Waals surface area contributed by atoms with Crippen LogP contribution in [0.1, 0.15) is 12.1 Å². The zero-order valence-corrected chi connectivity index (χ0v) is 13.7. The summed E-state index contributed by atoms with van der Waals surface area (Å²) in [6, 6.07) is 7.36. The fourth-order valence-electron chi connectivity index (χ4n) is 2.78. The fourth-order valence-corrected chi connectivity index (χ4v) is 2.78. The highest BCUT2D eigenvalue weighted by molar-refractivity contribution is 5.76. The van der Waals surface area contributed by atoms with E-state index in [4.69, 9.17) is 4.74 Å². The van der Waals surface area contributed by atoms with Crippen LogP contribution in [0.4, 0.5) is 0 Å². The number of aryl methyl sites for hydroxylation is 1. The molecular formula is C17H22N4O3. The van der Waals surface area contributed by atoms with Crippen molar-refractivity contribution in [2.75, 3.05) is 33.3 Å². The number of nitrogens with zero attached hydrogens (tertiary/aromatic N) is 2. The molecule has 1 saturated heterocycles. The van der Waals surface area contributed by atoms with Gasteiger partial charge < -0.3 is 19.9 Å². The number of benzene rings is 1. The van der Waals surface area contributed by atoms with Crippen molar-refractivity contribution in [3.8, 4) is 0 Å². The van der Waals surface area contributed by atoms with Crippen LogP contribution in [-0.4, -0.2) is 60.2 Å². The maximum Gasteiger partial charge on any atom is 0.270 e. The molecule has 1 aromatic carbocycles. The standard InChI is InChI=1S/C17H22N4O3/c1-21-8-9-24-12(11-21)10-18-16(22)7-6-15-17(23)20-14-5-3-2-4-13(14)19-15/h2-5,12H,6-11H2,1H3,(H,18,22)(H,20,23). The Morgan fingerprint density at radius 2 is 2.29 bits per heavy atom. The van der Waals surface area contributed by atoms with Crippen molar-refractivity contribution in [2.24, 2.45) is 0 Å². The minimum atomic E-state index is -0.237. The lowest BCUT2D eigenvalue weighted by molar-refractivity contribution is -0.122. The molecule has 1 atom stereocenters. The van der Waals surface area contributed by atoms with Crippen LogP contribution in [0.2, 0.25) is 0 Å². The number of likely N-dealkylation sites (N-methyl/N-ethyl adjacent to an activating group) is 1. The summed E-state index contributed by atoms with van der Waals surface area (Å²) in [7, 11) is 2.04. The first-order valence-electron chi connectivity index (χ1n) is 8.16.